The molecule has 4 nitrogen and oxygen atoms in total. The molecule has 0 heterocycles. The van der Waals surface area contributed by atoms with E-state index in [9.17, 15) is 12.6 Å². The molecule has 0 aliphatic carbocycles. The number of nitrogens with two attached hydrogens (primary N) is 1. The standard InChI is InChI=1S/C9H12ClNO3S2/c1-16(13,14)5-4-15(12)9-6-7(11)2-3-8(9)10/h2-3,6H,4-5,11H2,1H3. The lowest BCUT2D eigenvalue weighted by Gasteiger charge is -2.05. The van der Waals surface area contributed by atoms with E-state index in [2.05, 4.69) is 0 Å². The molecule has 0 aliphatic heterocycles. The molecule has 0 spiro atoms. The van der Waals surface area contributed by atoms with Gasteiger partial charge in [0.2, 0.25) is 0 Å². The zero-order valence-corrected chi connectivity index (χ0v) is 11.0. The predicted octanol–water partition coefficient (Wildman–Crippen LogP) is 1.07. The van der Waals surface area contributed by atoms with Crippen LogP contribution in [-0.4, -0.2) is 30.4 Å². The molecule has 1 aromatic rings. The molecule has 1 aromatic carbocycles. The van der Waals surface area contributed by atoms with Crippen molar-refractivity contribution in [3.8, 4) is 0 Å². The van der Waals surface area contributed by atoms with Crippen LogP contribution in [0.4, 0.5) is 5.69 Å². The van der Waals surface area contributed by atoms with Gasteiger partial charge in [0.1, 0.15) is 9.84 Å². The normalized spacial score (nSPS) is 13.6. The number of hydrogen-bond acceptors (Lipinski definition) is 4. The van der Waals surface area contributed by atoms with Crippen molar-refractivity contribution >= 4 is 37.9 Å². The van der Waals surface area contributed by atoms with Crippen molar-refractivity contribution in [3.63, 3.8) is 0 Å². The van der Waals surface area contributed by atoms with Gasteiger partial charge in [0.05, 0.1) is 26.5 Å². The zero-order chi connectivity index (χ0) is 12.3. The minimum absolute atomic E-state index is 0.0298. The van der Waals surface area contributed by atoms with Gasteiger partial charge in [0, 0.05) is 17.7 Å². The number of sulfone groups is 1. The molecular formula is C9H12ClNO3S2. The minimum Gasteiger partial charge on any atom is -0.399 e. The molecule has 1 rings (SSSR count). The smallest absolute Gasteiger partial charge is 0.148 e. The summed E-state index contributed by atoms with van der Waals surface area (Å²) >= 11 is 5.84. The maximum Gasteiger partial charge on any atom is 0.148 e. The van der Waals surface area contributed by atoms with Crippen molar-refractivity contribution in [2.75, 3.05) is 23.5 Å². The van der Waals surface area contributed by atoms with Gasteiger partial charge in [-0.1, -0.05) is 11.6 Å². The van der Waals surface area contributed by atoms with Gasteiger partial charge in [-0.05, 0) is 18.2 Å². The highest BCUT2D eigenvalue weighted by atomic mass is 35.5. The Labute approximate surface area is 102 Å². The van der Waals surface area contributed by atoms with Gasteiger partial charge >= 0.3 is 0 Å². The van der Waals surface area contributed by atoms with Gasteiger partial charge in [-0.2, -0.15) is 0 Å². The minimum atomic E-state index is -3.12. The van der Waals surface area contributed by atoms with E-state index in [4.69, 9.17) is 17.3 Å². The Bertz CT molecular complexity index is 513. The molecule has 0 bridgehead atoms. The number of benzene rings is 1. The van der Waals surface area contributed by atoms with E-state index < -0.39 is 20.6 Å². The summed E-state index contributed by atoms with van der Waals surface area (Å²) in [5, 5.41) is 0.334. The molecule has 1 unspecified atom stereocenters. The summed E-state index contributed by atoms with van der Waals surface area (Å²) in [6, 6.07) is 4.64. The van der Waals surface area contributed by atoms with E-state index in [1.807, 2.05) is 0 Å². The second-order valence-corrected chi connectivity index (χ2v) is 7.58. The van der Waals surface area contributed by atoms with Crippen molar-refractivity contribution in [2.45, 2.75) is 4.90 Å². The molecule has 90 valence electrons. The lowest BCUT2D eigenvalue weighted by Crippen LogP contribution is -2.12. The van der Waals surface area contributed by atoms with Crippen LogP contribution in [0, 0.1) is 0 Å². The average Bonchev–Trinajstić information content (AvgIpc) is 2.17. The van der Waals surface area contributed by atoms with Crippen LogP contribution in [0.25, 0.3) is 0 Å². The first kappa shape index (κ1) is 13.5. The summed E-state index contributed by atoms with van der Waals surface area (Å²) in [5.41, 5.74) is 5.99. The molecule has 2 N–H and O–H groups in total. The van der Waals surface area contributed by atoms with E-state index in [1.165, 1.54) is 6.07 Å². The first-order chi connectivity index (χ1) is 7.29. The van der Waals surface area contributed by atoms with E-state index in [1.54, 1.807) is 12.1 Å². The third-order valence-corrected chi connectivity index (χ3v) is 4.89. The van der Waals surface area contributed by atoms with Crippen LogP contribution in [0.2, 0.25) is 5.02 Å². The molecule has 0 radical (unpaired) electrons. The van der Waals surface area contributed by atoms with Crippen molar-refractivity contribution in [1.29, 1.82) is 0 Å². The summed E-state index contributed by atoms with van der Waals surface area (Å²) in [4.78, 5) is 0.380. The van der Waals surface area contributed by atoms with Crippen molar-refractivity contribution in [3.05, 3.63) is 23.2 Å². The average molecular weight is 282 g/mol. The van der Waals surface area contributed by atoms with E-state index in [0.29, 0.717) is 15.6 Å². The number of nitrogen functional groups attached to an aromatic ring is 1. The van der Waals surface area contributed by atoms with Crippen LogP contribution in [0.15, 0.2) is 23.1 Å². The van der Waals surface area contributed by atoms with Gasteiger partial charge < -0.3 is 5.73 Å². The van der Waals surface area contributed by atoms with Gasteiger partial charge in [-0.3, -0.25) is 4.21 Å². The molecule has 0 saturated carbocycles. The summed E-state index contributed by atoms with van der Waals surface area (Å²) in [5.74, 6) is -0.104. The van der Waals surface area contributed by atoms with Gasteiger partial charge in [0.15, 0.2) is 0 Å². The van der Waals surface area contributed by atoms with Crippen molar-refractivity contribution in [1.82, 2.24) is 0 Å². The Hall–Kier alpha value is -0.590. The fourth-order valence-electron chi connectivity index (χ4n) is 1.03. The van der Waals surface area contributed by atoms with Gasteiger partial charge in [-0.15, -0.1) is 0 Å². The van der Waals surface area contributed by atoms with Crippen molar-refractivity contribution in [2.24, 2.45) is 0 Å². The predicted molar refractivity (Wildman–Crippen MR) is 66.9 cm³/mol. The molecule has 1 atom stereocenters. The van der Waals surface area contributed by atoms with E-state index in [-0.39, 0.29) is 11.5 Å². The van der Waals surface area contributed by atoms with Gasteiger partial charge in [-0.25, -0.2) is 8.42 Å². The number of rotatable bonds is 4. The molecule has 0 aromatic heterocycles. The maximum atomic E-state index is 11.8. The number of halogens is 1. The van der Waals surface area contributed by atoms with E-state index in [0.717, 1.165) is 6.26 Å². The Morgan fingerprint density at radius 3 is 2.62 bits per heavy atom. The zero-order valence-electron chi connectivity index (χ0n) is 8.64. The summed E-state index contributed by atoms with van der Waals surface area (Å²) in [7, 11) is -4.56. The first-order valence-corrected chi connectivity index (χ1v) is 8.16. The molecule has 0 amide bonds. The largest absolute Gasteiger partial charge is 0.399 e. The molecule has 7 heteroatoms. The fraction of sp³-hybridized carbons (Fsp3) is 0.333. The second-order valence-electron chi connectivity index (χ2n) is 3.37. The van der Waals surface area contributed by atoms with Crippen LogP contribution in [-0.2, 0) is 20.6 Å². The van der Waals surface area contributed by atoms with Crippen LogP contribution in [0.1, 0.15) is 0 Å². The molecule has 16 heavy (non-hydrogen) atoms. The molecule has 0 saturated heterocycles. The monoisotopic (exact) mass is 281 g/mol. The fourth-order valence-corrected chi connectivity index (χ4v) is 4.00. The summed E-state index contributed by atoms with van der Waals surface area (Å²) in [6.45, 7) is 0. The Morgan fingerprint density at radius 2 is 2.06 bits per heavy atom. The highest BCUT2D eigenvalue weighted by molar-refractivity contribution is 7.92. The first-order valence-electron chi connectivity index (χ1n) is 4.41. The highest BCUT2D eigenvalue weighted by Crippen LogP contribution is 2.22. The lowest BCUT2D eigenvalue weighted by molar-refractivity contribution is 0.602. The Kier molecular flexibility index (Phi) is 4.35. The van der Waals surface area contributed by atoms with Crippen LogP contribution in [0.5, 0.6) is 0 Å². The molecular weight excluding hydrogens is 270 g/mol. The molecule has 0 aliphatic rings. The van der Waals surface area contributed by atoms with Crippen LogP contribution >= 0.6 is 11.6 Å². The summed E-state index contributed by atoms with van der Waals surface area (Å²) in [6.07, 6.45) is 1.10. The summed E-state index contributed by atoms with van der Waals surface area (Å²) < 4.78 is 33.6. The third kappa shape index (κ3) is 4.11. The quantitative estimate of drug-likeness (QED) is 0.838. The topological polar surface area (TPSA) is 77.2 Å². The molecule has 0 fully saturated rings. The highest BCUT2D eigenvalue weighted by Gasteiger charge is 2.12. The SMILES string of the molecule is CS(=O)(=O)CCS(=O)c1cc(N)ccc1Cl. The van der Waals surface area contributed by atoms with E-state index >= 15 is 0 Å². The Morgan fingerprint density at radius 1 is 1.44 bits per heavy atom. The third-order valence-electron chi connectivity index (χ3n) is 1.84. The van der Waals surface area contributed by atoms with Crippen LogP contribution < -0.4 is 5.73 Å². The number of hydrogen-bond donors (Lipinski definition) is 1. The van der Waals surface area contributed by atoms with Crippen LogP contribution in [0.3, 0.4) is 0 Å². The van der Waals surface area contributed by atoms with Gasteiger partial charge in [0.25, 0.3) is 0 Å². The second kappa shape index (κ2) is 5.16. The maximum absolute atomic E-state index is 11.8. The Balaban J connectivity index is 2.85. The number of anilines is 1. The van der Waals surface area contributed by atoms with Crippen molar-refractivity contribution < 1.29 is 12.6 Å². The lowest BCUT2D eigenvalue weighted by atomic mass is 10.3.